The third-order valence-corrected chi connectivity index (χ3v) is 9.22. The Balaban J connectivity index is 0.000000424. The number of rotatable bonds is 9. The van der Waals surface area contributed by atoms with Crippen molar-refractivity contribution in [3.63, 3.8) is 0 Å². The van der Waals surface area contributed by atoms with Crippen LogP contribution in [0.3, 0.4) is 0 Å². The van der Waals surface area contributed by atoms with Crippen molar-refractivity contribution < 1.29 is 17.9 Å². The van der Waals surface area contributed by atoms with E-state index in [0.717, 1.165) is 38.7 Å². The van der Waals surface area contributed by atoms with Gasteiger partial charge < -0.3 is 32.4 Å². The number of sulfone groups is 1. The van der Waals surface area contributed by atoms with Crippen molar-refractivity contribution in [2.45, 2.75) is 72.4 Å². The lowest BCUT2D eigenvalue weighted by atomic mass is 10.1. The van der Waals surface area contributed by atoms with E-state index in [1.807, 2.05) is 39.0 Å². The number of aryl methyl sites for hydroxylation is 2. The summed E-state index contributed by atoms with van der Waals surface area (Å²) in [7, 11) is -0.316. The van der Waals surface area contributed by atoms with Gasteiger partial charge in [-0.3, -0.25) is 0 Å². The van der Waals surface area contributed by atoms with E-state index in [9.17, 15) is 8.42 Å². The van der Waals surface area contributed by atoms with Crippen LogP contribution in [0.1, 0.15) is 46.2 Å². The van der Waals surface area contributed by atoms with Gasteiger partial charge in [0.1, 0.15) is 28.0 Å². The summed E-state index contributed by atoms with van der Waals surface area (Å²) >= 11 is 2.83. The average Bonchev–Trinajstić information content (AvgIpc) is 3.00. The molecular weight excluding hydrogens is 633 g/mol. The van der Waals surface area contributed by atoms with E-state index in [1.54, 1.807) is 25.4 Å². The monoisotopic (exact) mass is 676 g/mol. The molecule has 0 spiro atoms. The van der Waals surface area contributed by atoms with Crippen molar-refractivity contribution in [1.29, 1.82) is 0 Å². The van der Waals surface area contributed by atoms with Crippen LogP contribution >= 0.6 is 23.5 Å². The Labute approximate surface area is 275 Å². The number of nitrogens with zero attached hydrogens (tertiary/aromatic N) is 4. The number of nitrogen functional groups attached to an aromatic ring is 4. The van der Waals surface area contributed by atoms with Gasteiger partial charge in [-0.1, -0.05) is 58.6 Å². The molecule has 12 nitrogen and oxygen atoms in total. The molecular formula is C30H44N8O4S3. The minimum Gasteiger partial charge on any atom is -0.497 e. The fourth-order valence-corrected chi connectivity index (χ4v) is 6.53. The lowest BCUT2D eigenvalue weighted by molar-refractivity contribution is 0.401. The van der Waals surface area contributed by atoms with Crippen LogP contribution in [-0.2, 0) is 22.7 Å². The highest BCUT2D eigenvalue weighted by atomic mass is 32.2. The number of methoxy groups -OCH3 is 2. The van der Waals surface area contributed by atoms with Crippen LogP contribution < -0.4 is 32.4 Å². The molecule has 0 unspecified atom stereocenters. The van der Waals surface area contributed by atoms with E-state index in [2.05, 4.69) is 26.9 Å². The molecule has 4 rings (SSSR count). The summed E-state index contributed by atoms with van der Waals surface area (Å²) in [6.45, 7) is 8.07. The molecule has 0 radical (unpaired) electrons. The van der Waals surface area contributed by atoms with Crippen LogP contribution in [0, 0.1) is 0 Å². The summed E-state index contributed by atoms with van der Waals surface area (Å²) < 4.78 is 34.4. The summed E-state index contributed by atoms with van der Waals surface area (Å²) in [6, 6.07) is 9.28. The lowest BCUT2D eigenvalue weighted by Gasteiger charge is -2.14. The SMILES string of the molecule is C.CC.CCc1cc(OC)c(S(C)(=O)=O)cc1Sc1cnc(N)nc1N.CCc1cc(OC)ccc1Sc1cnc(N)nc1N. The number of hydrogen-bond acceptors (Lipinski definition) is 14. The fourth-order valence-electron chi connectivity index (χ4n) is 3.65. The molecule has 2 heterocycles. The van der Waals surface area contributed by atoms with Crippen molar-refractivity contribution in [3.8, 4) is 11.5 Å². The molecule has 0 aliphatic rings. The molecule has 0 saturated carbocycles. The highest BCUT2D eigenvalue weighted by Crippen LogP contribution is 2.38. The second-order valence-electron chi connectivity index (χ2n) is 8.72. The van der Waals surface area contributed by atoms with E-state index in [4.69, 9.17) is 32.4 Å². The van der Waals surface area contributed by atoms with Gasteiger partial charge in [0.05, 0.1) is 24.0 Å². The normalized spacial score (nSPS) is 10.4. The number of aromatic nitrogens is 4. The second kappa shape index (κ2) is 18.1. The number of ether oxygens (including phenoxy) is 2. The molecule has 2 aromatic heterocycles. The molecule has 0 atom stereocenters. The maximum Gasteiger partial charge on any atom is 0.221 e. The molecule has 0 fully saturated rings. The van der Waals surface area contributed by atoms with Gasteiger partial charge in [0.15, 0.2) is 9.84 Å². The van der Waals surface area contributed by atoms with E-state index >= 15 is 0 Å². The average molecular weight is 677 g/mol. The van der Waals surface area contributed by atoms with Gasteiger partial charge in [-0.15, -0.1) is 0 Å². The molecule has 15 heteroatoms. The maximum absolute atomic E-state index is 12.0. The van der Waals surface area contributed by atoms with Crippen molar-refractivity contribution >= 4 is 56.9 Å². The summed E-state index contributed by atoms with van der Waals surface area (Å²) in [5, 5.41) is 0. The van der Waals surface area contributed by atoms with Crippen LogP contribution in [0.15, 0.2) is 67.2 Å². The summed E-state index contributed by atoms with van der Waals surface area (Å²) in [5.41, 5.74) is 24.8. The van der Waals surface area contributed by atoms with E-state index in [0.29, 0.717) is 22.9 Å². The molecule has 2 aromatic carbocycles. The first-order chi connectivity index (χ1) is 20.9. The smallest absolute Gasteiger partial charge is 0.221 e. The van der Waals surface area contributed by atoms with Gasteiger partial charge in [-0.2, -0.15) is 9.97 Å². The van der Waals surface area contributed by atoms with Crippen LogP contribution in [0.2, 0.25) is 0 Å². The standard InChI is InChI=1S/C14H18N4O3S2.C13H16N4OS.C2H6.CH4/c1-4-8-5-9(21-2)12(23(3,19)20)6-10(8)22-11-7-17-14(16)18-13(11)15;1-3-8-6-9(18-2)4-5-10(8)19-11-7-16-13(15)17-12(11)14;1-2;/h5-7H,4H2,1-3H3,(H4,15,16,17,18);4-7H,3H2,1-2H3,(H4,14,15,16,17);1-2H3;1H4. The minimum absolute atomic E-state index is 0. The predicted octanol–water partition coefficient (Wildman–Crippen LogP) is 5.79. The molecule has 8 N–H and O–H groups in total. The summed E-state index contributed by atoms with van der Waals surface area (Å²) in [6.07, 6.45) is 5.93. The minimum atomic E-state index is -3.42. The third-order valence-electron chi connectivity index (χ3n) is 5.82. The Morgan fingerprint density at radius 3 is 1.64 bits per heavy atom. The molecule has 4 aromatic rings. The van der Waals surface area contributed by atoms with E-state index in [-0.39, 0.29) is 30.0 Å². The zero-order valence-corrected chi connectivity index (χ0v) is 28.4. The number of anilines is 4. The zero-order chi connectivity index (χ0) is 33.0. The zero-order valence-electron chi connectivity index (χ0n) is 25.9. The second-order valence-corrected chi connectivity index (χ2v) is 12.9. The number of hydrogen-bond donors (Lipinski definition) is 4. The summed E-state index contributed by atoms with van der Waals surface area (Å²) in [4.78, 5) is 19.2. The van der Waals surface area contributed by atoms with Crippen LogP contribution in [-0.4, -0.2) is 48.8 Å². The first kappa shape index (κ1) is 39.1. The fraction of sp³-hybridized carbons (Fsp3) is 0.333. The quantitative estimate of drug-likeness (QED) is 0.165. The molecule has 45 heavy (non-hydrogen) atoms. The molecule has 0 bridgehead atoms. The Morgan fingerprint density at radius 2 is 1.22 bits per heavy atom. The van der Waals surface area contributed by atoms with Crippen LogP contribution in [0.25, 0.3) is 0 Å². The molecule has 0 amide bonds. The van der Waals surface area contributed by atoms with Crippen LogP contribution in [0.5, 0.6) is 11.5 Å². The van der Waals surface area contributed by atoms with Crippen molar-refractivity contribution in [2.24, 2.45) is 0 Å². The van der Waals surface area contributed by atoms with Crippen molar-refractivity contribution in [2.75, 3.05) is 43.4 Å². The van der Waals surface area contributed by atoms with Crippen molar-refractivity contribution in [3.05, 3.63) is 53.9 Å². The van der Waals surface area contributed by atoms with Crippen molar-refractivity contribution in [1.82, 2.24) is 19.9 Å². The van der Waals surface area contributed by atoms with Gasteiger partial charge in [0, 0.05) is 28.4 Å². The Morgan fingerprint density at radius 1 is 0.733 bits per heavy atom. The van der Waals surface area contributed by atoms with E-state index < -0.39 is 9.84 Å². The topological polar surface area (TPSA) is 208 Å². The Bertz CT molecular complexity index is 1670. The predicted molar refractivity (Wildman–Crippen MR) is 186 cm³/mol. The number of benzene rings is 2. The van der Waals surface area contributed by atoms with E-state index in [1.165, 1.54) is 42.4 Å². The largest absolute Gasteiger partial charge is 0.497 e. The molecule has 246 valence electrons. The maximum atomic E-state index is 12.0. The highest BCUT2D eigenvalue weighted by molar-refractivity contribution is 7.99. The first-order valence-electron chi connectivity index (χ1n) is 13.6. The first-order valence-corrected chi connectivity index (χ1v) is 17.1. The lowest BCUT2D eigenvalue weighted by Crippen LogP contribution is -2.03. The number of nitrogens with two attached hydrogens (primary N) is 4. The summed E-state index contributed by atoms with van der Waals surface area (Å²) in [5.74, 6) is 2.11. The van der Waals surface area contributed by atoms with Crippen LogP contribution in [0.4, 0.5) is 23.5 Å². The van der Waals surface area contributed by atoms with Gasteiger partial charge in [-0.25, -0.2) is 18.4 Å². The molecule has 0 saturated heterocycles. The van der Waals surface area contributed by atoms with Gasteiger partial charge in [0.25, 0.3) is 0 Å². The van der Waals surface area contributed by atoms with Gasteiger partial charge >= 0.3 is 0 Å². The Kier molecular flexibility index (Phi) is 15.7. The Hall–Kier alpha value is -3.95. The molecule has 0 aliphatic heterocycles. The third kappa shape index (κ3) is 10.9. The van der Waals surface area contributed by atoms with Gasteiger partial charge in [-0.05, 0) is 54.3 Å². The molecule has 0 aliphatic carbocycles. The highest BCUT2D eigenvalue weighted by Gasteiger charge is 2.19. The van der Waals surface area contributed by atoms with Gasteiger partial charge in [0.2, 0.25) is 11.9 Å².